The minimum atomic E-state index is -0.325. The molecule has 2 N–H and O–H groups in total. The van der Waals surface area contributed by atoms with Gasteiger partial charge >= 0.3 is 0 Å². The lowest BCUT2D eigenvalue weighted by molar-refractivity contribution is 0.188. The minimum absolute atomic E-state index is 0.325. The monoisotopic (exact) mass is 251 g/mol. The van der Waals surface area contributed by atoms with Crippen molar-refractivity contribution in [3.8, 4) is 0 Å². The van der Waals surface area contributed by atoms with Crippen molar-refractivity contribution in [1.29, 1.82) is 0 Å². The molecule has 2 aromatic rings. The van der Waals surface area contributed by atoms with E-state index in [2.05, 4.69) is 15.5 Å². The van der Waals surface area contributed by atoms with Crippen LogP contribution < -0.4 is 5.32 Å². The van der Waals surface area contributed by atoms with Gasteiger partial charge in [0.2, 0.25) is 0 Å². The number of anilines is 1. The number of fused-ring (bicyclic) bond motifs is 1. The van der Waals surface area contributed by atoms with Crippen molar-refractivity contribution in [2.45, 2.75) is 19.4 Å². The van der Waals surface area contributed by atoms with E-state index in [0.29, 0.717) is 23.9 Å². The van der Waals surface area contributed by atoms with Crippen molar-refractivity contribution in [3.63, 3.8) is 0 Å². The average Bonchev–Trinajstić information content (AvgIpc) is 2.32. The van der Waals surface area contributed by atoms with Crippen LogP contribution in [0.1, 0.15) is 13.3 Å². The number of nitrogens with zero attached hydrogens (tertiary/aromatic N) is 2. The molecular formula is C12H14ClN3O. The molecule has 0 spiro atoms. The molecule has 0 bridgehead atoms. The zero-order valence-electron chi connectivity index (χ0n) is 9.52. The van der Waals surface area contributed by atoms with E-state index in [0.717, 1.165) is 10.8 Å². The smallest absolute Gasteiger partial charge is 0.159 e. The van der Waals surface area contributed by atoms with Crippen LogP contribution in [0.25, 0.3) is 10.8 Å². The fourth-order valence-electron chi connectivity index (χ4n) is 1.60. The van der Waals surface area contributed by atoms with Gasteiger partial charge in [0.05, 0.1) is 6.10 Å². The average molecular weight is 252 g/mol. The van der Waals surface area contributed by atoms with Crippen molar-refractivity contribution in [1.82, 2.24) is 10.2 Å². The van der Waals surface area contributed by atoms with E-state index in [9.17, 15) is 5.11 Å². The first-order valence-electron chi connectivity index (χ1n) is 5.51. The number of aromatic nitrogens is 2. The van der Waals surface area contributed by atoms with Gasteiger partial charge in [-0.2, -0.15) is 0 Å². The summed E-state index contributed by atoms with van der Waals surface area (Å²) in [5.74, 6) is 0.700. The molecule has 1 atom stereocenters. The molecule has 4 nitrogen and oxygen atoms in total. The van der Waals surface area contributed by atoms with Crippen LogP contribution >= 0.6 is 11.6 Å². The molecule has 90 valence electrons. The van der Waals surface area contributed by atoms with Gasteiger partial charge in [-0.3, -0.25) is 0 Å². The highest BCUT2D eigenvalue weighted by Gasteiger charge is 2.06. The first-order valence-corrected chi connectivity index (χ1v) is 5.89. The Bertz CT molecular complexity index is 516. The fraction of sp³-hybridized carbons (Fsp3) is 0.333. The number of aliphatic hydroxyl groups excluding tert-OH is 1. The molecule has 2 rings (SSSR count). The molecule has 1 heterocycles. The van der Waals surface area contributed by atoms with E-state index in [-0.39, 0.29) is 6.10 Å². The Morgan fingerprint density at radius 3 is 2.71 bits per heavy atom. The third kappa shape index (κ3) is 2.84. The second-order valence-corrected chi connectivity index (χ2v) is 4.31. The number of halogens is 1. The number of aliphatic hydroxyl groups is 1. The molecule has 0 saturated heterocycles. The van der Waals surface area contributed by atoms with Crippen LogP contribution in [0, 0.1) is 0 Å². The lowest BCUT2D eigenvalue weighted by Crippen LogP contribution is -2.11. The molecule has 5 heteroatoms. The lowest BCUT2D eigenvalue weighted by atomic mass is 10.2. The van der Waals surface area contributed by atoms with E-state index in [1.165, 1.54) is 0 Å². The molecule has 0 fully saturated rings. The molecule has 0 radical (unpaired) electrons. The Labute approximate surface area is 105 Å². The summed E-state index contributed by atoms with van der Waals surface area (Å²) < 4.78 is 0. The highest BCUT2D eigenvalue weighted by atomic mass is 35.5. The molecule has 0 saturated carbocycles. The molecule has 0 aliphatic heterocycles. The van der Waals surface area contributed by atoms with Gasteiger partial charge in [-0.15, -0.1) is 10.2 Å². The second-order valence-electron chi connectivity index (χ2n) is 3.95. The number of rotatable bonds is 4. The first kappa shape index (κ1) is 12.1. The quantitative estimate of drug-likeness (QED) is 0.877. The summed E-state index contributed by atoms with van der Waals surface area (Å²) >= 11 is 5.97. The topological polar surface area (TPSA) is 58.0 Å². The Balaban J connectivity index is 2.26. The largest absolute Gasteiger partial charge is 0.393 e. The summed E-state index contributed by atoms with van der Waals surface area (Å²) in [7, 11) is 0. The molecule has 0 aliphatic rings. The van der Waals surface area contributed by atoms with Gasteiger partial charge in [-0.1, -0.05) is 35.9 Å². The van der Waals surface area contributed by atoms with E-state index in [1.54, 1.807) is 6.92 Å². The normalized spacial score (nSPS) is 12.6. The van der Waals surface area contributed by atoms with Gasteiger partial charge < -0.3 is 10.4 Å². The maximum atomic E-state index is 9.19. The van der Waals surface area contributed by atoms with E-state index in [4.69, 9.17) is 11.6 Å². The van der Waals surface area contributed by atoms with Crippen molar-refractivity contribution in [2.75, 3.05) is 11.9 Å². The van der Waals surface area contributed by atoms with E-state index >= 15 is 0 Å². The van der Waals surface area contributed by atoms with Crippen LogP contribution in [0.15, 0.2) is 24.3 Å². The minimum Gasteiger partial charge on any atom is -0.393 e. The zero-order valence-corrected chi connectivity index (χ0v) is 10.3. The summed E-state index contributed by atoms with van der Waals surface area (Å²) in [6.07, 6.45) is 0.340. The molecule has 0 amide bonds. The first-order chi connectivity index (χ1) is 8.18. The predicted molar refractivity (Wildman–Crippen MR) is 69.3 cm³/mol. The third-order valence-electron chi connectivity index (χ3n) is 2.50. The summed E-state index contributed by atoms with van der Waals surface area (Å²) in [5.41, 5.74) is 0. The third-order valence-corrected chi connectivity index (χ3v) is 2.78. The molecule has 17 heavy (non-hydrogen) atoms. The van der Waals surface area contributed by atoms with Crippen LogP contribution in [0.3, 0.4) is 0 Å². The summed E-state index contributed by atoms with van der Waals surface area (Å²) in [6, 6.07) is 7.70. The summed E-state index contributed by atoms with van der Waals surface area (Å²) in [4.78, 5) is 0. The number of hydrogen-bond donors (Lipinski definition) is 2. The molecule has 0 aliphatic carbocycles. The Morgan fingerprint density at radius 2 is 2.00 bits per heavy atom. The van der Waals surface area contributed by atoms with Crippen LogP contribution in [0.5, 0.6) is 0 Å². The molecule has 1 unspecified atom stereocenters. The van der Waals surface area contributed by atoms with Crippen molar-refractivity contribution < 1.29 is 5.11 Å². The van der Waals surface area contributed by atoms with E-state index in [1.807, 2.05) is 24.3 Å². The van der Waals surface area contributed by atoms with Crippen LogP contribution in [-0.2, 0) is 0 Å². The van der Waals surface area contributed by atoms with Crippen LogP contribution in [-0.4, -0.2) is 28.0 Å². The summed E-state index contributed by atoms with van der Waals surface area (Å²) in [6.45, 7) is 2.41. The van der Waals surface area contributed by atoms with Crippen molar-refractivity contribution >= 4 is 28.2 Å². The van der Waals surface area contributed by atoms with Gasteiger partial charge in [0.1, 0.15) is 0 Å². The maximum absolute atomic E-state index is 9.19. The standard InChI is InChI=1S/C12H14ClN3O/c1-8(17)6-7-14-12-10-5-3-2-4-9(10)11(13)15-16-12/h2-5,8,17H,6-7H2,1H3,(H,14,16). The van der Waals surface area contributed by atoms with Gasteiger partial charge in [0.25, 0.3) is 0 Å². The lowest BCUT2D eigenvalue weighted by Gasteiger charge is -2.09. The highest BCUT2D eigenvalue weighted by Crippen LogP contribution is 2.25. The fourth-order valence-corrected chi connectivity index (χ4v) is 1.80. The molecular weight excluding hydrogens is 238 g/mol. The van der Waals surface area contributed by atoms with Crippen LogP contribution in [0.2, 0.25) is 5.15 Å². The number of nitrogens with one attached hydrogen (secondary N) is 1. The Kier molecular flexibility index (Phi) is 3.76. The Hall–Kier alpha value is -1.39. The maximum Gasteiger partial charge on any atom is 0.159 e. The van der Waals surface area contributed by atoms with Crippen LogP contribution in [0.4, 0.5) is 5.82 Å². The van der Waals surface area contributed by atoms with Gasteiger partial charge in [-0.05, 0) is 13.3 Å². The number of hydrogen-bond acceptors (Lipinski definition) is 4. The zero-order chi connectivity index (χ0) is 12.3. The summed E-state index contributed by atoms with van der Waals surface area (Å²) in [5, 5.41) is 22.5. The van der Waals surface area contributed by atoms with Gasteiger partial charge in [-0.25, -0.2) is 0 Å². The molecule has 1 aromatic heterocycles. The number of benzene rings is 1. The van der Waals surface area contributed by atoms with Crippen molar-refractivity contribution in [3.05, 3.63) is 29.4 Å². The molecule has 1 aromatic carbocycles. The predicted octanol–water partition coefficient (Wildman–Crippen LogP) is 2.47. The second kappa shape index (κ2) is 5.29. The van der Waals surface area contributed by atoms with E-state index < -0.39 is 0 Å². The van der Waals surface area contributed by atoms with Gasteiger partial charge in [0.15, 0.2) is 11.0 Å². The van der Waals surface area contributed by atoms with Gasteiger partial charge in [0, 0.05) is 17.3 Å². The Morgan fingerprint density at radius 1 is 1.29 bits per heavy atom. The SMILES string of the molecule is CC(O)CCNc1nnc(Cl)c2ccccc12. The van der Waals surface area contributed by atoms with Crippen molar-refractivity contribution in [2.24, 2.45) is 0 Å². The highest BCUT2D eigenvalue weighted by molar-refractivity contribution is 6.34.